The molecule has 1 N–H and O–H groups in total. The van der Waals surface area contributed by atoms with E-state index in [4.69, 9.17) is 9.84 Å². The highest BCUT2D eigenvalue weighted by Crippen LogP contribution is 2.37. The number of nitrogens with one attached hydrogen (secondary N) is 1. The molecule has 2 aromatic rings. The van der Waals surface area contributed by atoms with Gasteiger partial charge in [-0.25, -0.2) is 4.68 Å². The molecular weight excluding hydrogens is 282 g/mol. The van der Waals surface area contributed by atoms with Crippen LogP contribution in [0, 0.1) is 6.92 Å². The summed E-state index contributed by atoms with van der Waals surface area (Å²) in [6.45, 7) is 5.33. The lowest BCUT2D eigenvalue weighted by Crippen LogP contribution is -2.32. The zero-order valence-corrected chi connectivity index (χ0v) is 13.3. The van der Waals surface area contributed by atoms with E-state index in [0.717, 1.165) is 30.9 Å². The molecule has 0 aromatic carbocycles. The predicted octanol–water partition coefficient (Wildman–Crippen LogP) is 3.84. The van der Waals surface area contributed by atoms with Gasteiger partial charge < -0.3 is 10.1 Å². The Morgan fingerprint density at radius 1 is 1.38 bits per heavy atom. The Hall–Kier alpha value is -1.33. The summed E-state index contributed by atoms with van der Waals surface area (Å²) in [6.07, 6.45) is 4.12. The molecule has 112 valence electrons. The van der Waals surface area contributed by atoms with Gasteiger partial charge in [0.05, 0.1) is 23.1 Å². The number of thiophene rings is 1. The monoisotopic (exact) mass is 303 g/mol. The summed E-state index contributed by atoms with van der Waals surface area (Å²) in [4.78, 5) is 1.28. The van der Waals surface area contributed by atoms with Crippen molar-refractivity contribution in [2.75, 3.05) is 11.9 Å². The van der Waals surface area contributed by atoms with Crippen molar-refractivity contribution in [2.24, 2.45) is 0 Å². The van der Waals surface area contributed by atoms with Crippen molar-refractivity contribution < 1.29 is 4.74 Å². The molecule has 2 aromatic heterocycles. The van der Waals surface area contributed by atoms with Gasteiger partial charge in [-0.15, -0.1) is 11.3 Å². The van der Waals surface area contributed by atoms with E-state index < -0.39 is 0 Å². The van der Waals surface area contributed by atoms with Gasteiger partial charge in [0.15, 0.2) is 0 Å². The molecule has 4 heterocycles. The third kappa shape index (κ3) is 2.28. The lowest BCUT2D eigenvalue weighted by Gasteiger charge is -2.29. The van der Waals surface area contributed by atoms with Gasteiger partial charge in [0.2, 0.25) is 0 Å². The minimum atomic E-state index is 0.318. The van der Waals surface area contributed by atoms with Crippen LogP contribution in [-0.2, 0) is 4.74 Å². The second kappa shape index (κ2) is 5.14. The highest BCUT2D eigenvalue weighted by atomic mass is 32.1. The van der Waals surface area contributed by atoms with E-state index in [2.05, 4.69) is 41.4 Å². The molecule has 5 heteroatoms. The van der Waals surface area contributed by atoms with Crippen molar-refractivity contribution in [3.05, 3.63) is 23.1 Å². The van der Waals surface area contributed by atoms with Crippen molar-refractivity contribution in [1.29, 1.82) is 0 Å². The Kier molecular flexibility index (Phi) is 3.27. The van der Waals surface area contributed by atoms with E-state index in [0.29, 0.717) is 18.2 Å². The fraction of sp³-hybridized carbons (Fsp3) is 0.562. The Bertz CT molecular complexity index is 648. The van der Waals surface area contributed by atoms with Gasteiger partial charge >= 0.3 is 0 Å². The van der Waals surface area contributed by atoms with Crippen molar-refractivity contribution in [3.63, 3.8) is 0 Å². The second-order valence-electron chi connectivity index (χ2n) is 6.14. The fourth-order valence-corrected chi connectivity index (χ4v) is 4.34. The van der Waals surface area contributed by atoms with Crippen molar-refractivity contribution in [1.82, 2.24) is 9.78 Å². The maximum Gasteiger partial charge on any atom is 0.125 e. The van der Waals surface area contributed by atoms with Crippen LogP contribution >= 0.6 is 11.3 Å². The summed E-state index contributed by atoms with van der Waals surface area (Å²) in [5, 5.41) is 10.5. The molecule has 1 saturated heterocycles. The second-order valence-corrected chi connectivity index (χ2v) is 7.05. The van der Waals surface area contributed by atoms with Crippen molar-refractivity contribution >= 4 is 17.2 Å². The molecule has 2 aliphatic heterocycles. The Morgan fingerprint density at radius 2 is 2.29 bits per heavy atom. The quantitative estimate of drug-likeness (QED) is 0.916. The van der Waals surface area contributed by atoms with Gasteiger partial charge in [0.25, 0.3) is 0 Å². The Balaban J connectivity index is 1.68. The van der Waals surface area contributed by atoms with E-state index in [1.165, 1.54) is 16.9 Å². The summed E-state index contributed by atoms with van der Waals surface area (Å²) in [5.41, 5.74) is 2.39. The molecule has 0 amide bonds. The molecule has 0 bridgehead atoms. The predicted molar refractivity (Wildman–Crippen MR) is 86.0 cm³/mol. The molecule has 1 fully saturated rings. The van der Waals surface area contributed by atoms with Crippen LogP contribution in [0.2, 0.25) is 0 Å². The summed E-state index contributed by atoms with van der Waals surface area (Å²) in [5.74, 6) is 1.14. The van der Waals surface area contributed by atoms with Crippen LogP contribution < -0.4 is 5.32 Å². The Morgan fingerprint density at radius 3 is 3.00 bits per heavy atom. The topological polar surface area (TPSA) is 39.1 Å². The molecule has 0 spiro atoms. The van der Waals surface area contributed by atoms with Crippen LogP contribution in [0.1, 0.15) is 37.8 Å². The zero-order chi connectivity index (χ0) is 14.4. The molecule has 2 aliphatic rings. The van der Waals surface area contributed by atoms with Gasteiger partial charge in [-0.3, -0.25) is 0 Å². The average Bonchev–Trinajstić information content (AvgIpc) is 3.16. The number of fused-ring (bicyclic) bond motifs is 1. The number of aromatic nitrogens is 2. The molecule has 0 saturated carbocycles. The minimum absolute atomic E-state index is 0.318. The first-order valence-corrected chi connectivity index (χ1v) is 8.63. The summed E-state index contributed by atoms with van der Waals surface area (Å²) in [6, 6.07) is 4.72. The lowest BCUT2D eigenvalue weighted by molar-refractivity contribution is 0.0174. The molecule has 0 radical (unpaired) electrons. The molecular formula is C16H21N3OS. The van der Waals surface area contributed by atoms with E-state index in [1.807, 2.05) is 0 Å². The SMILES string of the molecule is Cc1ccsc1-c1cc2n(n1)C(C1CCC(C)O1)CCN2. The summed E-state index contributed by atoms with van der Waals surface area (Å²) in [7, 11) is 0. The van der Waals surface area contributed by atoms with E-state index in [-0.39, 0.29) is 0 Å². The maximum atomic E-state index is 6.10. The van der Waals surface area contributed by atoms with Gasteiger partial charge in [-0.1, -0.05) is 0 Å². The van der Waals surface area contributed by atoms with Crippen LogP contribution in [0.15, 0.2) is 17.5 Å². The van der Waals surface area contributed by atoms with Crippen LogP contribution in [0.3, 0.4) is 0 Å². The number of hydrogen-bond acceptors (Lipinski definition) is 4. The van der Waals surface area contributed by atoms with Crippen molar-refractivity contribution in [3.8, 4) is 10.6 Å². The Labute approximate surface area is 129 Å². The van der Waals surface area contributed by atoms with Crippen LogP contribution in [-0.4, -0.2) is 28.5 Å². The minimum Gasteiger partial charge on any atom is -0.373 e. The zero-order valence-electron chi connectivity index (χ0n) is 12.5. The average molecular weight is 303 g/mol. The van der Waals surface area contributed by atoms with E-state index in [1.54, 1.807) is 11.3 Å². The lowest BCUT2D eigenvalue weighted by atomic mass is 10.0. The molecule has 4 nitrogen and oxygen atoms in total. The van der Waals surface area contributed by atoms with Gasteiger partial charge in [0.1, 0.15) is 11.5 Å². The normalized spacial score (nSPS) is 28.4. The molecule has 21 heavy (non-hydrogen) atoms. The standard InChI is InChI=1S/C16H21N3OS/c1-10-6-8-21-16(10)12-9-15-17-7-5-13(19(15)18-12)14-4-3-11(2)20-14/h6,8-9,11,13-14,17H,3-5,7H2,1-2H3. The number of ether oxygens (including phenoxy) is 1. The number of aryl methyl sites for hydroxylation is 1. The van der Waals surface area contributed by atoms with Gasteiger partial charge in [-0.05, 0) is 50.1 Å². The van der Waals surface area contributed by atoms with E-state index >= 15 is 0 Å². The summed E-state index contributed by atoms with van der Waals surface area (Å²) >= 11 is 1.77. The smallest absolute Gasteiger partial charge is 0.125 e. The largest absolute Gasteiger partial charge is 0.373 e. The van der Waals surface area contributed by atoms with Crippen LogP contribution in [0.4, 0.5) is 5.82 Å². The maximum absolute atomic E-state index is 6.10. The molecule has 3 unspecified atom stereocenters. The molecule has 4 rings (SSSR count). The number of nitrogens with zero attached hydrogens (tertiary/aromatic N) is 2. The van der Waals surface area contributed by atoms with Crippen LogP contribution in [0.5, 0.6) is 0 Å². The number of anilines is 1. The number of rotatable bonds is 2. The van der Waals surface area contributed by atoms with E-state index in [9.17, 15) is 0 Å². The van der Waals surface area contributed by atoms with Gasteiger partial charge in [-0.2, -0.15) is 5.10 Å². The number of hydrogen-bond donors (Lipinski definition) is 1. The third-order valence-electron chi connectivity index (χ3n) is 4.58. The molecule has 3 atom stereocenters. The van der Waals surface area contributed by atoms with Crippen LogP contribution in [0.25, 0.3) is 10.6 Å². The first-order chi connectivity index (χ1) is 10.2. The highest BCUT2D eigenvalue weighted by Gasteiger charge is 2.34. The molecule has 0 aliphatic carbocycles. The van der Waals surface area contributed by atoms with Gasteiger partial charge in [0, 0.05) is 12.6 Å². The summed E-state index contributed by atoms with van der Waals surface area (Å²) < 4.78 is 8.26. The first kappa shape index (κ1) is 13.3. The fourth-order valence-electron chi connectivity index (χ4n) is 3.46. The first-order valence-electron chi connectivity index (χ1n) is 7.75. The highest BCUT2D eigenvalue weighted by molar-refractivity contribution is 7.13. The third-order valence-corrected chi connectivity index (χ3v) is 5.62. The van der Waals surface area contributed by atoms with Crippen molar-refractivity contribution in [2.45, 2.75) is 51.4 Å².